The fraction of sp³-hybridized carbons (Fsp3) is 1.00. The minimum Gasteiger partial charge on any atom is -0.394 e. The number of aliphatic hydroxyl groups is 11. The van der Waals surface area contributed by atoms with Crippen LogP contribution in [0, 0.1) is 0 Å². The van der Waals surface area contributed by atoms with Crippen LogP contribution in [0.25, 0.3) is 0 Å². The highest BCUT2D eigenvalue weighted by molar-refractivity contribution is 4.98. The number of rotatable bonds is 8. The Kier molecular flexibility index (Phi) is 9.18. The summed E-state index contributed by atoms with van der Waals surface area (Å²) in [7, 11) is 0. The Labute approximate surface area is 192 Å². The quantitative estimate of drug-likeness (QED) is 0.146. The molecule has 3 fully saturated rings. The van der Waals surface area contributed by atoms with Crippen LogP contribution in [0.5, 0.6) is 0 Å². The third kappa shape index (κ3) is 5.09. The van der Waals surface area contributed by atoms with Crippen LogP contribution in [-0.4, -0.2) is 168 Å². The number of hydrogen-bond donors (Lipinski definition) is 11. The summed E-state index contributed by atoms with van der Waals surface area (Å²) in [6, 6.07) is 0. The molecule has 16 heteroatoms. The lowest BCUT2D eigenvalue weighted by atomic mass is 9.98. The zero-order valence-electron chi connectivity index (χ0n) is 17.8. The lowest BCUT2D eigenvalue weighted by Crippen LogP contribution is -2.63. The SMILES string of the molecule is OCC1O[C@@H](OCC2O[C@@H](O[C@]3(CO)O[C@@H](CO)C(O)[C@H]3O)C(O)[C@@H](O)[C@H]2O)C(O)[C@@H](O)[C@H]1O. The van der Waals surface area contributed by atoms with Crippen molar-refractivity contribution < 1.29 is 79.9 Å². The minimum absolute atomic E-state index is 0.634. The van der Waals surface area contributed by atoms with E-state index in [0.717, 1.165) is 0 Å². The molecule has 200 valence electrons. The molecule has 3 saturated heterocycles. The smallest absolute Gasteiger partial charge is 0.224 e. The standard InChI is InChI=1S/C18H32O16/c19-1-5-8(22)11(25)13(27)16(31-5)30-3-7-9(23)12(26)14(28)17(32-7)34-18(4-21)15(29)10(24)6(2-20)33-18/h5-17,19-29H,1-4H2/t5?,6-,7?,8-,9-,10?,11-,12-,13?,14?,15+,16+,17-,18-/m0/s1. The van der Waals surface area contributed by atoms with E-state index in [1.807, 2.05) is 0 Å². The fourth-order valence-electron chi connectivity index (χ4n) is 4.01. The van der Waals surface area contributed by atoms with Crippen molar-refractivity contribution in [1.29, 1.82) is 0 Å². The highest BCUT2D eigenvalue weighted by Gasteiger charge is 2.58. The second-order valence-electron chi connectivity index (χ2n) is 8.41. The Morgan fingerprint density at radius 2 is 1.12 bits per heavy atom. The van der Waals surface area contributed by atoms with E-state index in [-0.39, 0.29) is 0 Å². The van der Waals surface area contributed by atoms with E-state index in [1.54, 1.807) is 0 Å². The molecule has 11 N–H and O–H groups in total. The third-order valence-electron chi connectivity index (χ3n) is 6.16. The summed E-state index contributed by atoms with van der Waals surface area (Å²) in [5.41, 5.74) is 0. The van der Waals surface area contributed by atoms with Gasteiger partial charge in [-0.1, -0.05) is 0 Å². The molecule has 0 aliphatic carbocycles. The minimum atomic E-state index is -2.36. The average Bonchev–Trinajstić information content (AvgIpc) is 3.08. The molecule has 0 aromatic carbocycles. The summed E-state index contributed by atoms with van der Waals surface area (Å²) >= 11 is 0. The predicted molar refractivity (Wildman–Crippen MR) is 101 cm³/mol. The zero-order valence-corrected chi connectivity index (χ0v) is 17.8. The maximum Gasteiger partial charge on any atom is 0.224 e. The summed E-state index contributed by atoms with van der Waals surface area (Å²) in [6.07, 6.45) is -21.8. The van der Waals surface area contributed by atoms with Gasteiger partial charge in [0.1, 0.15) is 73.8 Å². The van der Waals surface area contributed by atoms with Crippen LogP contribution in [0.3, 0.4) is 0 Å². The molecule has 3 heterocycles. The van der Waals surface area contributed by atoms with Crippen LogP contribution in [-0.2, 0) is 23.7 Å². The summed E-state index contributed by atoms with van der Waals surface area (Å²) in [5.74, 6) is -2.36. The Morgan fingerprint density at radius 3 is 1.65 bits per heavy atom. The molecule has 0 aromatic rings. The molecule has 3 aliphatic rings. The highest BCUT2D eigenvalue weighted by Crippen LogP contribution is 2.36. The molecule has 0 radical (unpaired) electrons. The molecule has 3 aliphatic heterocycles. The van der Waals surface area contributed by atoms with Gasteiger partial charge in [0.05, 0.1) is 19.8 Å². The maximum atomic E-state index is 10.3. The molecule has 0 saturated carbocycles. The van der Waals surface area contributed by atoms with Crippen molar-refractivity contribution in [2.45, 2.75) is 85.5 Å². The molecular formula is C18H32O16. The van der Waals surface area contributed by atoms with Gasteiger partial charge in [-0.15, -0.1) is 0 Å². The lowest BCUT2D eigenvalue weighted by Gasteiger charge is -2.44. The van der Waals surface area contributed by atoms with Crippen LogP contribution >= 0.6 is 0 Å². The summed E-state index contributed by atoms with van der Waals surface area (Å²) in [6.45, 7) is -3.14. The topological polar surface area (TPSA) is 269 Å². The molecule has 0 spiro atoms. The molecule has 3 rings (SSSR count). The van der Waals surface area contributed by atoms with Gasteiger partial charge in [0.25, 0.3) is 0 Å². The molecule has 0 aromatic heterocycles. The predicted octanol–water partition coefficient (Wildman–Crippen LogP) is -7.57. The molecule has 0 amide bonds. The lowest BCUT2D eigenvalue weighted by molar-refractivity contribution is -0.388. The van der Waals surface area contributed by atoms with Crippen LogP contribution in [0.15, 0.2) is 0 Å². The summed E-state index contributed by atoms with van der Waals surface area (Å²) < 4.78 is 26.4. The van der Waals surface area contributed by atoms with Crippen molar-refractivity contribution in [2.24, 2.45) is 0 Å². The van der Waals surface area contributed by atoms with Crippen molar-refractivity contribution in [1.82, 2.24) is 0 Å². The van der Waals surface area contributed by atoms with Crippen molar-refractivity contribution in [3.8, 4) is 0 Å². The maximum absolute atomic E-state index is 10.3. The molecule has 5 unspecified atom stereocenters. The van der Waals surface area contributed by atoms with Gasteiger partial charge in [-0.25, -0.2) is 0 Å². The van der Waals surface area contributed by atoms with Crippen molar-refractivity contribution >= 4 is 0 Å². The van der Waals surface area contributed by atoms with Crippen molar-refractivity contribution in [2.75, 3.05) is 26.4 Å². The highest BCUT2D eigenvalue weighted by atomic mass is 16.8. The van der Waals surface area contributed by atoms with Gasteiger partial charge in [-0.05, 0) is 0 Å². The average molecular weight is 504 g/mol. The Balaban J connectivity index is 1.69. The van der Waals surface area contributed by atoms with Crippen LogP contribution in [0.4, 0.5) is 0 Å². The first kappa shape index (κ1) is 27.9. The van der Waals surface area contributed by atoms with Crippen LogP contribution < -0.4 is 0 Å². The number of aliphatic hydroxyl groups excluding tert-OH is 11. The van der Waals surface area contributed by atoms with Crippen molar-refractivity contribution in [3.63, 3.8) is 0 Å². The molecule has 14 atom stereocenters. The molecular weight excluding hydrogens is 472 g/mol. The fourth-order valence-corrected chi connectivity index (χ4v) is 4.01. The second-order valence-corrected chi connectivity index (χ2v) is 8.41. The first-order valence-electron chi connectivity index (χ1n) is 10.6. The normalized spacial score (nSPS) is 52.1. The van der Waals surface area contributed by atoms with Gasteiger partial charge >= 0.3 is 0 Å². The van der Waals surface area contributed by atoms with E-state index in [0.29, 0.717) is 0 Å². The van der Waals surface area contributed by atoms with Crippen molar-refractivity contribution in [3.05, 3.63) is 0 Å². The molecule has 34 heavy (non-hydrogen) atoms. The first-order chi connectivity index (χ1) is 16.0. The van der Waals surface area contributed by atoms with Crippen LogP contribution in [0.2, 0.25) is 0 Å². The van der Waals surface area contributed by atoms with Gasteiger partial charge in [-0.2, -0.15) is 0 Å². The van der Waals surface area contributed by atoms with Crippen LogP contribution in [0.1, 0.15) is 0 Å². The second kappa shape index (κ2) is 11.2. The van der Waals surface area contributed by atoms with E-state index in [1.165, 1.54) is 0 Å². The van der Waals surface area contributed by atoms with E-state index in [4.69, 9.17) is 23.7 Å². The van der Waals surface area contributed by atoms with Gasteiger partial charge in [0, 0.05) is 0 Å². The number of hydrogen-bond acceptors (Lipinski definition) is 16. The Hall–Kier alpha value is -0.640. The number of ether oxygens (including phenoxy) is 5. The Morgan fingerprint density at radius 1 is 0.588 bits per heavy atom. The Bertz CT molecular complexity index is 653. The van der Waals surface area contributed by atoms with Gasteiger partial charge in [0.15, 0.2) is 12.6 Å². The zero-order chi connectivity index (χ0) is 25.4. The van der Waals surface area contributed by atoms with E-state index >= 15 is 0 Å². The molecule has 16 nitrogen and oxygen atoms in total. The van der Waals surface area contributed by atoms with Gasteiger partial charge in [-0.3, -0.25) is 0 Å². The van der Waals surface area contributed by atoms with E-state index in [9.17, 15) is 56.2 Å². The van der Waals surface area contributed by atoms with Gasteiger partial charge < -0.3 is 79.9 Å². The first-order valence-corrected chi connectivity index (χ1v) is 10.6. The monoisotopic (exact) mass is 504 g/mol. The van der Waals surface area contributed by atoms with E-state index in [2.05, 4.69) is 0 Å². The summed E-state index contributed by atoms with van der Waals surface area (Å²) in [4.78, 5) is 0. The van der Waals surface area contributed by atoms with E-state index < -0.39 is 112 Å². The van der Waals surface area contributed by atoms with Gasteiger partial charge in [0.2, 0.25) is 5.79 Å². The summed E-state index contributed by atoms with van der Waals surface area (Å²) in [5, 5.41) is 109. The third-order valence-corrected chi connectivity index (χ3v) is 6.16. The molecule has 0 bridgehead atoms. The largest absolute Gasteiger partial charge is 0.394 e.